The average molecular weight is 583 g/mol. The molecule has 0 saturated heterocycles. The van der Waals surface area contributed by atoms with Gasteiger partial charge in [0.2, 0.25) is 16.6 Å². The van der Waals surface area contributed by atoms with E-state index in [0.717, 1.165) is 0 Å². The van der Waals surface area contributed by atoms with Crippen molar-refractivity contribution in [3.8, 4) is 0 Å². The van der Waals surface area contributed by atoms with E-state index < -0.39 is 49.7 Å². The highest BCUT2D eigenvalue weighted by atomic mass is 28.5. The Morgan fingerprint density at radius 3 is 1.19 bits per heavy atom. The molecule has 0 aromatic carbocycles. The molecule has 12 heteroatoms. The summed E-state index contributed by atoms with van der Waals surface area (Å²) in [6.07, 6.45) is -5.49. The molecule has 0 radical (unpaired) electrons. The molecule has 222 valence electrons. The second-order valence-electron chi connectivity index (χ2n) is 8.69. The first kappa shape index (κ1) is 51.4. The van der Waals surface area contributed by atoms with Crippen LogP contribution in [0.1, 0.15) is 64.8 Å². The molecule has 0 rings (SSSR count). The van der Waals surface area contributed by atoms with Gasteiger partial charge in [0.05, 0.1) is 0 Å². The molecular formula is C24H57F3O6Si3. The van der Waals surface area contributed by atoms with E-state index in [1.54, 1.807) is 32.7 Å². The minimum Gasteiger partial charge on any atom is -0.463 e. The second-order valence-corrected chi connectivity index (χ2v) is 20.7. The molecule has 0 bridgehead atoms. The maximum Gasteiger partial charge on any atom is 0.389 e. The van der Waals surface area contributed by atoms with Crippen LogP contribution >= 0.6 is 0 Å². The van der Waals surface area contributed by atoms with Gasteiger partial charge in [-0.3, -0.25) is 0 Å². The standard InChI is InChI=1S/C18H33F3O6Si3.6CH4/c1-14(2)16(22)24-12-28(5,6)26-30(9,11-10-18(19,20)21)27-29(7,8)13-25-17(23)15(3)4;;;;;;/h1,3,10-13H2,2,4-9H3;6*1H4. The molecule has 0 aliphatic heterocycles. The molecule has 0 fully saturated rings. The Morgan fingerprint density at radius 2 is 0.972 bits per heavy atom. The van der Waals surface area contributed by atoms with Crippen LogP contribution in [0.2, 0.25) is 38.8 Å². The second kappa shape index (κ2) is 19.8. The molecule has 6 nitrogen and oxygen atoms in total. The fourth-order valence-electron chi connectivity index (χ4n) is 2.44. The Kier molecular flexibility index (Phi) is 28.3. The number of hydrogen-bond acceptors (Lipinski definition) is 6. The zero-order valence-electron chi connectivity index (χ0n) is 18.8. The van der Waals surface area contributed by atoms with Gasteiger partial charge in [-0.05, 0) is 52.6 Å². The van der Waals surface area contributed by atoms with E-state index in [4.69, 9.17) is 17.7 Å². The Morgan fingerprint density at radius 1 is 0.694 bits per heavy atom. The van der Waals surface area contributed by atoms with E-state index in [2.05, 4.69) is 13.2 Å². The molecular weight excluding hydrogens is 526 g/mol. The minimum atomic E-state index is -4.36. The lowest BCUT2D eigenvalue weighted by molar-refractivity contribution is -0.138. The molecule has 0 aliphatic carbocycles. The Labute approximate surface area is 224 Å². The topological polar surface area (TPSA) is 71.1 Å². The maximum atomic E-state index is 12.9. The van der Waals surface area contributed by atoms with E-state index >= 15 is 0 Å². The van der Waals surface area contributed by atoms with Gasteiger partial charge in [-0.1, -0.05) is 57.7 Å². The van der Waals surface area contributed by atoms with Crippen molar-refractivity contribution in [3.63, 3.8) is 0 Å². The van der Waals surface area contributed by atoms with Crippen molar-refractivity contribution in [2.75, 3.05) is 12.5 Å². The van der Waals surface area contributed by atoms with Crippen molar-refractivity contribution < 1.29 is 40.5 Å². The summed E-state index contributed by atoms with van der Waals surface area (Å²) in [5.74, 6) is -1.17. The third kappa shape index (κ3) is 23.2. The molecule has 0 amide bonds. The zero-order valence-corrected chi connectivity index (χ0v) is 21.8. The summed E-state index contributed by atoms with van der Waals surface area (Å²) in [6.45, 7) is 18.6. The number of alkyl halides is 3. The molecule has 0 spiro atoms. The largest absolute Gasteiger partial charge is 0.463 e. The van der Waals surface area contributed by atoms with Crippen molar-refractivity contribution in [1.82, 2.24) is 0 Å². The van der Waals surface area contributed by atoms with Crippen molar-refractivity contribution in [2.24, 2.45) is 0 Å². The first-order chi connectivity index (χ1) is 13.3. The van der Waals surface area contributed by atoms with Crippen LogP contribution in [0.25, 0.3) is 0 Å². The summed E-state index contributed by atoms with van der Waals surface area (Å²) in [4.78, 5) is 23.3. The van der Waals surface area contributed by atoms with Crippen molar-refractivity contribution >= 4 is 37.1 Å². The van der Waals surface area contributed by atoms with E-state index in [0.29, 0.717) is 0 Å². The highest BCUT2D eigenvalue weighted by Gasteiger charge is 2.46. The molecule has 0 aliphatic rings. The smallest absolute Gasteiger partial charge is 0.389 e. The normalized spacial score (nSPS) is 10.8. The SMILES string of the molecule is C.C.C.C.C.C.C=C(C)C(=O)OC[Si](C)(C)O[Si](C)(CCC(F)(F)F)O[Si](C)(C)COC(=O)C(=C)C. The van der Waals surface area contributed by atoms with Gasteiger partial charge in [-0.2, -0.15) is 13.2 Å². The Bertz CT molecular complexity index is 622. The summed E-state index contributed by atoms with van der Waals surface area (Å²) < 4.78 is 61.4. The number of rotatable bonds is 12. The quantitative estimate of drug-likeness (QED) is 0.130. The van der Waals surface area contributed by atoms with Crippen LogP contribution in [-0.2, 0) is 27.3 Å². The van der Waals surface area contributed by atoms with E-state index in [-0.39, 0.29) is 74.2 Å². The summed E-state index contributed by atoms with van der Waals surface area (Å²) in [6, 6.07) is -0.313. The van der Waals surface area contributed by atoms with Crippen LogP contribution in [0.5, 0.6) is 0 Å². The lowest BCUT2D eigenvalue weighted by Gasteiger charge is -2.40. The van der Waals surface area contributed by atoms with Gasteiger partial charge in [0.15, 0.2) is 0 Å². The molecule has 0 atom stereocenters. The number of esters is 2. The van der Waals surface area contributed by atoms with Crippen molar-refractivity contribution in [1.29, 1.82) is 0 Å². The van der Waals surface area contributed by atoms with Crippen LogP contribution in [0.15, 0.2) is 24.3 Å². The number of ether oxygens (including phenoxy) is 2. The molecule has 0 aromatic rings. The molecule has 0 aromatic heterocycles. The van der Waals surface area contributed by atoms with E-state index in [9.17, 15) is 22.8 Å². The fraction of sp³-hybridized carbons (Fsp3) is 0.750. The van der Waals surface area contributed by atoms with Gasteiger partial charge in [0.25, 0.3) is 0 Å². The lowest BCUT2D eigenvalue weighted by atomic mass is 10.4. The van der Waals surface area contributed by atoms with Gasteiger partial charge in [-0.15, -0.1) is 0 Å². The van der Waals surface area contributed by atoms with Crippen LogP contribution in [0.4, 0.5) is 13.2 Å². The monoisotopic (exact) mass is 582 g/mol. The average Bonchev–Trinajstić information content (AvgIpc) is 2.54. The Hall–Kier alpha value is -1.22. The van der Waals surface area contributed by atoms with Gasteiger partial charge >= 0.3 is 26.7 Å². The molecule has 0 N–H and O–H groups in total. The van der Waals surface area contributed by atoms with Gasteiger partial charge in [0, 0.05) is 17.6 Å². The highest BCUT2D eigenvalue weighted by molar-refractivity contribution is 6.88. The molecule has 36 heavy (non-hydrogen) atoms. The summed E-state index contributed by atoms with van der Waals surface area (Å²) in [5, 5.41) is 0. The highest BCUT2D eigenvalue weighted by Crippen LogP contribution is 2.31. The summed E-state index contributed by atoms with van der Waals surface area (Å²) >= 11 is 0. The van der Waals surface area contributed by atoms with Crippen LogP contribution < -0.4 is 0 Å². The third-order valence-electron chi connectivity index (χ3n) is 3.65. The Balaban J connectivity index is -0.000000280. The third-order valence-corrected chi connectivity index (χ3v) is 14.4. The first-order valence-electron chi connectivity index (χ1n) is 9.40. The van der Waals surface area contributed by atoms with Crippen molar-refractivity contribution in [3.05, 3.63) is 24.3 Å². The summed E-state index contributed by atoms with van der Waals surface area (Å²) in [7, 11) is -8.79. The molecule has 0 saturated carbocycles. The number of hydrogen-bond donors (Lipinski definition) is 0. The van der Waals surface area contributed by atoms with Gasteiger partial charge in [-0.25, -0.2) is 9.59 Å². The lowest BCUT2D eigenvalue weighted by Crippen LogP contribution is -2.57. The molecule has 0 unspecified atom stereocenters. The zero-order chi connectivity index (χ0) is 24.0. The van der Waals surface area contributed by atoms with Crippen LogP contribution in [0, 0.1) is 0 Å². The van der Waals surface area contributed by atoms with Crippen LogP contribution in [-0.4, -0.2) is 55.8 Å². The van der Waals surface area contributed by atoms with Crippen molar-refractivity contribution in [2.45, 2.75) is 110 Å². The minimum absolute atomic E-state index is 0. The van der Waals surface area contributed by atoms with Crippen LogP contribution in [0.3, 0.4) is 0 Å². The van der Waals surface area contributed by atoms with E-state index in [1.165, 1.54) is 13.8 Å². The number of carbonyl (C=O) groups is 2. The van der Waals surface area contributed by atoms with E-state index in [1.807, 2.05) is 0 Å². The first-order valence-corrected chi connectivity index (χ1v) is 18.2. The predicted molar refractivity (Wildman–Crippen MR) is 156 cm³/mol. The maximum absolute atomic E-state index is 12.9. The number of halogens is 3. The number of carbonyl (C=O) groups excluding carboxylic acids is 2. The van der Waals surface area contributed by atoms with Gasteiger partial charge in [0.1, 0.15) is 12.5 Å². The van der Waals surface area contributed by atoms with Gasteiger partial charge < -0.3 is 17.7 Å². The fourth-order valence-corrected chi connectivity index (χ4v) is 15.3. The molecule has 0 heterocycles. The predicted octanol–water partition coefficient (Wildman–Crippen LogP) is 8.59. The summed E-state index contributed by atoms with van der Waals surface area (Å²) in [5.41, 5.74) is 0.446.